The van der Waals surface area contributed by atoms with Crippen LogP contribution in [0.4, 0.5) is 11.4 Å². The summed E-state index contributed by atoms with van der Waals surface area (Å²) in [4.78, 5) is 27.5. The highest BCUT2D eigenvalue weighted by atomic mass is 35.5. The molecule has 6 nitrogen and oxygen atoms in total. The summed E-state index contributed by atoms with van der Waals surface area (Å²) in [5.41, 5.74) is 2.11. The van der Waals surface area contributed by atoms with E-state index < -0.39 is 0 Å². The molecule has 1 heterocycles. The first-order chi connectivity index (χ1) is 13.0. The van der Waals surface area contributed by atoms with Gasteiger partial charge in [-0.15, -0.1) is 0 Å². The molecule has 0 aliphatic rings. The number of hydrogen-bond donors (Lipinski definition) is 2. The van der Waals surface area contributed by atoms with Gasteiger partial charge in [0.05, 0.1) is 6.20 Å². The molecule has 0 fully saturated rings. The van der Waals surface area contributed by atoms with E-state index in [0.717, 1.165) is 5.56 Å². The molecule has 27 heavy (non-hydrogen) atoms. The monoisotopic (exact) mass is 383 g/mol. The average Bonchev–Trinajstić information content (AvgIpc) is 3.09. The van der Waals surface area contributed by atoms with Crippen LogP contribution < -0.4 is 10.6 Å². The Balaban J connectivity index is 1.55. The van der Waals surface area contributed by atoms with Gasteiger partial charge in [0.2, 0.25) is 11.8 Å². The van der Waals surface area contributed by atoms with E-state index in [1.807, 2.05) is 12.1 Å². The van der Waals surface area contributed by atoms with Crippen LogP contribution in [0.15, 0.2) is 59.1 Å². The molecule has 3 rings (SSSR count). The highest BCUT2D eigenvalue weighted by Crippen LogP contribution is 2.23. The summed E-state index contributed by atoms with van der Waals surface area (Å²) in [5.74, 6) is 0.784. The van der Waals surface area contributed by atoms with Gasteiger partial charge in [0.25, 0.3) is 0 Å². The van der Waals surface area contributed by atoms with Crippen LogP contribution in [0.1, 0.15) is 19.2 Å². The van der Waals surface area contributed by atoms with Crippen LogP contribution in [-0.4, -0.2) is 16.8 Å². The molecular formula is C20H18ClN3O3. The van der Waals surface area contributed by atoms with Crippen molar-refractivity contribution in [3.05, 3.63) is 65.6 Å². The Kier molecular flexibility index (Phi) is 5.88. The first kappa shape index (κ1) is 18.7. The van der Waals surface area contributed by atoms with Gasteiger partial charge in [-0.05, 0) is 42.5 Å². The van der Waals surface area contributed by atoms with E-state index in [2.05, 4.69) is 15.6 Å². The fourth-order valence-corrected chi connectivity index (χ4v) is 2.62. The quantitative estimate of drug-likeness (QED) is 0.655. The van der Waals surface area contributed by atoms with Gasteiger partial charge in [-0.2, -0.15) is 0 Å². The number of hydrogen-bond acceptors (Lipinski definition) is 4. The summed E-state index contributed by atoms with van der Waals surface area (Å²) >= 11 is 5.88. The summed E-state index contributed by atoms with van der Waals surface area (Å²) in [5, 5.41) is 6.12. The number of rotatable bonds is 6. The van der Waals surface area contributed by atoms with Crippen LogP contribution in [0.5, 0.6) is 0 Å². The van der Waals surface area contributed by atoms with Gasteiger partial charge in [0.15, 0.2) is 11.7 Å². The molecule has 0 saturated heterocycles. The number of aromatic nitrogens is 1. The zero-order valence-electron chi connectivity index (χ0n) is 14.7. The topological polar surface area (TPSA) is 84.2 Å². The molecule has 0 aliphatic carbocycles. The molecule has 0 saturated carbocycles. The van der Waals surface area contributed by atoms with E-state index in [0.29, 0.717) is 34.5 Å². The van der Waals surface area contributed by atoms with Crippen LogP contribution in [0.3, 0.4) is 0 Å². The Morgan fingerprint density at radius 1 is 1.07 bits per heavy atom. The molecule has 0 bridgehead atoms. The SMILES string of the molecule is CC(=O)Nc1cccc(NC(=O)CCc2ncc(-c3ccc(Cl)cc3)o2)c1. The molecule has 0 atom stereocenters. The van der Waals surface area contributed by atoms with Crippen molar-refractivity contribution in [3.8, 4) is 11.3 Å². The van der Waals surface area contributed by atoms with Gasteiger partial charge >= 0.3 is 0 Å². The largest absolute Gasteiger partial charge is 0.441 e. The van der Waals surface area contributed by atoms with Gasteiger partial charge in [0.1, 0.15) is 0 Å². The summed E-state index contributed by atoms with van der Waals surface area (Å²) in [6.07, 6.45) is 2.24. The van der Waals surface area contributed by atoms with E-state index in [1.54, 1.807) is 42.6 Å². The molecule has 0 spiro atoms. The van der Waals surface area contributed by atoms with Gasteiger partial charge in [-0.3, -0.25) is 9.59 Å². The van der Waals surface area contributed by atoms with Crippen LogP contribution in [0, 0.1) is 0 Å². The van der Waals surface area contributed by atoms with Crippen LogP contribution in [0.2, 0.25) is 5.02 Å². The second-order valence-corrected chi connectivity index (χ2v) is 6.37. The molecule has 1 aromatic heterocycles. The lowest BCUT2D eigenvalue weighted by molar-refractivity contribution is -0.116. The van der Waals surface area contributed by atoms with Crippen LogP contribution in [-0.2, 0) is 16.0 Å². The molecule has 138 valence electrons. The summed E-state index contributed by atoms with van der Waals surface area (Å²) in [7, 11) is 0. The molecule has 2 amide bonds. The number of anilines is 2. The minimum absolute atomic E-state index is 0.166. The van der Waals surface area contributed by atoms with Crippen molar-refractivity contribution >= 4 is 34.8 Å². The number of benzene rings is 2. The van der Waals surface area contributed by atoms with Crippen LogP contribution in [0.25, 0.3) is 11.3 Å². The number of nitrogens with one attached hydrogen (secondary N) is 2. The number of carbonyl (C=O) groups is 2. The lowest BCUT2D eigenvalue weighted by atomic mass is 10.2. The smallest absolute Gasteiger partial charge is 0.224 e. The van der Waals surface area contributed by atoms with Gasteiger partial charge < -0.3 is 15.1 Å². The maximum absolute atomic E-state index is 12.2. The van der Waals surface area contributed by atoms with E-state index in [-0.39, 0.29) is 18.2 Å². The Bertz CT molecular complexity index is 951. The molecule has 7 heteroatoms. The van der Waals surface area contributed by atoms with Crippen molar-refractivity contribution in [1.29, 1.82) is 0 Å². The highest BCUT2D eigenvalue weighted by molar-refractivity contribution is 6.30. The van der Waals surface area contributed by atoms with E-state index >= 15 is 0 Å². The minimum atomic E-state index is -0.168. The molecular weight excluding hydrogens is 366 g/mol. The summed E-state index contributed by atoms with van der Waals surface area (Å²) in [6.45, 7) is 1.43. The summed E-state index contributed by atoms with van der Waals surface area (Å²) in [6, 6.07) is 14.2. The fraction of sp³-hybridized carbons (Fsp3) is 0.150. The second-order valence-electron chi connectivity index (χ2n) is 5.94. The maximum atomic E-state index is 12.2. The normalized spacial score (nSPS) is 10.4. The molecule has 2 aromatic carbocycles. The predicted octanol–water partition coefficient (Wildman–Crippen LogP) is 4.52. The van der Waals surface area contributed by atoms with Gasteiger partial charge in [-0.1, -0.05) is 17.7 Å². The first-order valence-corrected chi connectivity index (χ1v) is 8.75. The predicted molar refractivity (Wildman–Crippen MR) is 105 cm³/mol. The highest BCUT2D eigenvalue weighted by Gasteiger charge is 2.10. The summed E-state index contributed by atoms with van der Waals surface area (Å²) < 4.78 is 5.69. The lowest BCUT2D eigenvalue weighted by Crippen LogP contribution is -2.13. The average molecular weight is 384 g/mol. The molecule has 0 aliphatic heterocycles. The molecule has 3 aromatic rings. The number of carbonyl (C=O) groups excluding carboxylic acids is 2. The van der Waals surface area contributed by atoms with Crippen molar-refractivity contribution in [2.45, 2.75) is 19.8 Å². The Morgan fingerprint density at radius 2 is 1.78 bits per heavy atom. The lowest BCUT2D eigenvalue weighted by Gasteiger charge is -2.07. The third-order valence-electron chi connectivity index (χ3n) is 3.71. The number of nitrogens with zero attached hydrogens (tertiary/aromatic N) is 1. The standard InChI is InChI=1S/C20H18ClN3O3/c1-13(25)23-16-3-2-4-17(11-16)24-19(26)9-10-20-22-12-18(27-20)14-5-7-15(21)8-6-14/h2-8,11-12H,9-10H2,1H3,(H,23,25)(H,24,26). The van der Waals surface area contributed by atoms with Crippen molar-refractivity contribution in [1.82, 2.24) is 4.98 Å². The van der Waals surface area contributed by atoms with Crippen molar-refractivity contribution in [2.75, 3.05) is 10.6 Å². The zero-order valence-corrected chi connectivity index (χ0v) is 15.4. The maximum Gasteiger partial charge on any atom is 0.224 e. The van der Waals surface area contributed by atoms with Gasteiger partial charge in [-0.25, -0.2) is 4.98 Å². The van der Waals surface area contributed by atoms with E-state index in [4.69, 9.17) is 16.0 Å². The number of amides is 2. The van der Waals surface area contributed by atoms with E-state index in [9.17, 15) is 9.59 Å². The van der Waals surface area contributed by atoms with Crippen LogP contribution >= 0.6 is 11.6 Å². The Labute approximate surface area is 161 Å². The molecule has 2 N–H and O–H groups in total. The number of aryl methyl sites for hydroxylation is 1. The van der Waals surface area contributed by atoms with E-state index in [1.165, 1.54) is 6.92 Å². The third kappa shape index (κ3) is 5.43. The third-order valence-corrected chi connectivity index (χ3v) is 3.97. The Morgan fingerprint density at radius 3 is 2.48 bits per heavy atom. The minimum Gasteiger partial charge on any atom is -0.441 e. The number of oxazole rings is 1. The zero-order chi connectivity index (χ0) is 19.2. The molecule has 0 radical (unpaired) electrons. The molecule has 0 unspecified atom stereocenters. The second kappa shape index (κ2) is 8.51. The van der Waals surface area contributed by atoms with Crippen molar-refractivity contribution in [2.24, 2.45) is 0 Å². The van der Waals surface area contributed by atoms with Crippen molar-refractivity contribution < 1.29 is 14.0 Å². The Hall–Kier alpha value is -3.12. The first-order valence-electron chi connectivity index (χ1n) is 8.38. The van der Waals surface area contributed by atoms with Gasteiger partial charge in [0, 0.05) is 41.7 Å². The fourth-order valence-electron chi connectivity index (χ4n) is 2.50. The number of halogens is 1. The van der Waals surface area contributed by atoms with Crippen molar-refractivity contribution in [3.63, 3.8) is 0 Å².